The molecule has 106 valence electrons. The number of carbonyl (C=O) groups excluding carboxylic acids is 1. The highest BCUT2D eigenvalue weighted by Gasteiger charge is 2.21. The van der Waals surface area contributed by atoms with Gasteiger partial charge < -0.3 is 15.0 Å². The summed E-state index contributed by atoms with van der Waals surface area (Å²) in [4.78, 5) is 16.0. The fourth-order valence-corrected chi connectivity index (χ4v) is 2.07. The van der Waals surface area contributed by atoms with Crippen LogP contribution in [0.1, 0.15) is 20.8 Å². The van der Waals surface area contributed by atoms with E-state index >= 15 is 0 Å². The molecule has 1 amide bonds. The summed E-state index contributed by atoms with van der Waals surface area (Å²) in [6, 6.07) is -0.143. The molecule has 5 heteroatoms. The maximum atomic E-state index is 11.9. The van der Waals surface area contributed by atoms with E-state index in [1.165, 1.54) is 0 Å². The van der Waals surface area contributed by atoms with Crippen molar-refractivity contribution >= 4 is 5.91 Å². The Labute approximate surface area is 110 Å². The van der Waals surface area contributed by atoms with Gasteiger partial charge in [0.2, 0.25) is 5.91 Å². The number of ether oxygens (including phenoxy) is 1. The minimum absolute atomic E-state index is 0.139. The molecule has 0 bridgehead atoms. The third-order valence-corrected chi connectivity index (χ3v) is 3.54. The lowest BCUT2D eigenvalue weighted by Crippen LogP contribution is -2.50. The predicted molar refractivity (Wildman–Crippen MR) is 72.6 cm³/mol. The molecular formula is C13H27N3O2. The number of morpholine rings is 1. The van der Waals surface area contributed by atoms with Gasteiger partial charge in [0.25, 0.3) is 0 Å². The van der Waals surface area contributed by atoms with Crippen molar-refractivity contribution < 1.29 is 9.53 Å². The summed E-state index contributed by atoms with van der Waals surface area (Å²) in [5.74, 6) is 0.139. The second-order valence-corrected chi connectivity index (χ2v) is 4.87. The molecule has 5 nitrogen and oxygen atoms in total. The highest BCUT2D eigenvalue weighted by molar-refractivity contribution is 5.81. The van der Waals surface area contributed by atoms with E-state index in [2.05, 4.69) is 17.1 Å². The van der Waals surface area contributed by atoms with E-state index in [4.69, 9.17) is 4.74 Å². The fourth-order valence-electron chi connectivity index (χ4n) is 2.07. The molecule has 0 aromatic heterocycles. The zero-order valence-corrected chi connectivity index (χ0v) is 12.1. The first kappa shape index (κ1) is 15.4. The van der Waals surface area contributed by atoms with Gasteiger partial charge in [0, 0.05) is 33.2 Å². The molecule has 0 aromatic rings. The van der Waals surface area contributed by atoms with Crippen LogP contribution in [-0.2, 0) is 9.53 Å². The molecule has 2 unspecified atom stereocenters. The first-order valence-corrected chi connectivity index (χ1v) is 6.90. The molecule has 0 saturated carbocycles. The van der Waals surface area contributed by atoms with Gasteiger partial charge in [-0.25, -0.2) is 0 Å². The molecule has 0 aliphatic carbocycles. The van der Waals surface area contributed by atoms with E-state index < -0.39 is 0 Å². The third-order valence-electron chi connectivity index (χ3n) is 3.54. The molecule has 1 aliphatic rings. The van der Waals surface area contributed by atoms with Gasteiger partial charge in [-0.1, -0.05) is 6.92 Å². The first-order chi connectivity index (χ1) is 8.58. The smallest absolute Gasteiger partial charge is 0.239 e. The standard InChI is InChI=1S/C13H27N3O2/c1-5-15(4)13(17)11(3)14-9-12-10-16(6-2)7-8-18-12/h11-12,14H,5-10H2,1-4H3. The number of nitrogens with one attached hydrogen (secondary N) is 1. The van der Waals surface area contributed by atoms with Gasteiger partial charge in [-0.3, -0.25) is 9.69 Å². The number of hydrogen-bond donors (Lipinski definition) is 1. The van der Waals surface area contributed by atoms with E-state index in [-0.39, 0.29) is 18.1 Å². The average Bonchev–Trinajstić information content (AvgIpc) is 2.43. The van der Waals surface area contributed by atoms with Crippen LogP contribution in [0.15, 0.2) is 0 Å². The summed E-state index contributed by atoms with van der Waals surface area (Å²) in [5, 5.41) is 3.27. The maximum absolute atomic E-state index is 11.9. The van der Waals surface area contributed by atoms with Crippen LogP contribution in [0, 0.1) is 0 Å². The summed E-state index contributed by atoms with van der Waals surface area (Å²) in [5.41, 5.74) is 0. The molecule has 0 aromatic carbocycles. The molecule has 0 radical (unpaired) electrons. The number of hydrogen-bond acceptors (Lipinski definition) is 4. The van der Waals surface area contributed by atoms with Crippen molar-refractivity contribution in [3.63, 3.8) is 0 Å². The van der Waals surface area contributed by atoms with Crippen LogP contribution in [0.5, 0.6) is 0 Å². The quantitative estimate of drug-likeness (QED) is 0.736. The van der Waals surface area contributed by atoms with Gasteiger partial charge >= 0.3 is 0 Å². The Kier molecular flexibility index (Phi) is 6.60. The van der Waals surface area contributed by atoms with Crippen molar-refractivity contribution in [2.75, 3.05) is 46.4 Å². The number of amides is 1. The number of carbonyl (C=O) groups is 1. The number of likely N-dealkylation sites (N-methyl/N-ethyl adjacent to an activating group) is 2. The highest BCUT2D eigenvalue weighted by Crippen LogP contribution is 2.04. The van der Waals surface area contributed by atoms with Crippen LogP contribution in [0.3, 0.4) is 0 Å². The lowest BCUT2D eigenvalue weighted by molar-refractivity contribution is -0.131. The Bertz CT molecular complexity index is 261. The van der Waals surface area contributed by atoms with Crippen molar-refractivity contribution in [3.8, 4) is 0 Å². The SMILES string of the molecule is CCN1CCOC(CNC(C)C(=O)N(C)CC)C1. The summed E-state index contributed by atoms with van der Waals surface area (Å²) in [6.45, 7) is 11.4. The van der Waals surface area contributed by atoms with Crippen LogP contribution < -0.4 is 5.32 Å². The normalized spacial score (nSPS) is 22.8. The van der Waals surface area contributed by atoms with E-state index in [9.17, 15) is 4.79 Å². The van der Waals surface area contributed by atoms with Crippen LogP contribution in [0.4, 0.5) is 0 Å². The summed E-state index contributed by atoms with van der Waals surface area (Å²) < 4.78 is 5.70. The minimum Gasteiger partial charge on any atom is -0.374 e. The second-order valence-electron chi connectivity index (χ2n) is 4.87. The molecule has 1 fully saturated rings. The summed E-state index contributed by atoms with van der Waals surface area (Å²) >= 11 is 0. The zero-order chi connectivity index (χ0) is 13.5. The topological polar surface area (TPSA) is 44.8 Å². The van der Waals surface area contributed by atoms with E-state index in [0.717, 1.165) is 39.3 Å². The van der Waals surface area contributed by atoms with Crippen LogP contribution in [0.2, 0.25) is 0 Å². The van der Waals surface area contributed by atoms with Crippen molar-refractivity contribution in [2.24, 2.45) is 0 Å². The monoisotopic (exact) mass is 257 g/mol. The number of rotatable bonds is 6. The molecule has 1 saturated heterocycles. The third kappa shape index (κ3) is 4.55. The Hall–Kier alpha value is -0.650. The highest BCUT2D eigenvalue weighted by atomic mass is 16.5. The van der Waals surface area contributed by atoms with Crippen molar-refractivity contribution in [1.82, 2.24) is 15.1 Å². The Morgan fingerprint density at radius 3 is 2.89 bits per heavy atom. The van der Waals surface area contributed by atoms with E-state index in [0.29, 0.717) is 0 Å². The Morgan fingerprint density at radius 1 is 1.56 bits per heavy atom. The lowest BCUT2D eigenvalue weighted by atomic mass is 10.2. The van der Waals surface area contributed by atoms with Crippen LogP contribution in [0.25, 0.3) is 0 Å². The lowest BCUT2D eigenvalue weighted by Gasteiger charge is -2.33. The van der Waals surface area contributed by atoms with Crippen molar-refractivity contribution in [2.45, 2.75) is 32.9 Å². The Balaban J connectivity index is 2.29. The van der Waals surface area contributed by atoms with E-state index in [1.54, 1.807) is 4.90 Å². The molecule has 18 heavy (non-hydrogen) atoms. The van der Waals surface area contributed by atoms with Gasteiger partial charge in [0.1, 0.15) is 0 Å². The maximum Gasteiger partial charge on any atom is 0.239 e. The molecule has 1 heterocycles. The molecule has 2 atom stereocenters. The first-order valence-electron chi connectivity index (χ1n) is 6.90. The predicted octanol–water partition coefficient (Wildman–Crippen LogP) is 0.164. The van der Waals surface area contributed by atoms with Crippen molar-refractivity contribution in [1.29, 1.82) is 0 Å². The second kappa shape index (κ2) is 7.71. The largest absolute Gasteiger partial charge is 0.374 e. The summed E-state index contributed by atoms with van der Waals surface area (Å²) in [7, 11) is 1.83. The average molecular weight is 257 g/mol. The summed E-state index contributed by atoms with van der Waals surface area (Å²) in [6.07, 6.45) is 0.195. The minimum atomic E-state index is -0.143. The van der Waals surface area contributed by atoms with Gasteiger partial charge in [-0.2, -0.15) is 0 Å². The van der Waals surface area contributed by atoms with Gasteiger partial charge in [0.15, 0.2) is 0 Å². The van der Waals surface area contributed by atoms with Crippen LogP contribution >= 0.6 is 0 Å². The van der Waals surface area contributed by atoms with Gasteiger partial charge in [0.05, 0.1) is 18.8 Å². The Morgan fingerprint density at radius 2 is 2.28 bits per heavy atom. The van der Waals surface area contributed by atoms with Crippen molar-refractivity contribution in [3.05, 3.63) is 0 Å². The van der Waals surface area contributed by atoms with Crippen LogP contribution in [-0.4, -0.2) is 74.2 Å². The molecule has 0 spiro atoms. The number of nitrogens with zero attached hydrogens (tertiary/aromatic N) is 2. The fraction of sp³-hybridized carbons (Fsp3) is 0.923. The molecular weight excluding hydrogens is 230 g/mol. The molecule has 1 aliphatic heterocycles. The molecule has 1 N–H and O–H groups in total. The molecule has 1 rings (SSSR count). The zero-order valence-electron chi connectivity index (χ0n) is 12.1. The van der Waals surface area contributed by atoms with E-state index in [1.807, 2.05) is 20.9 Å². The van der Waals surface area contributed by atoms with Gasteiger partial charge in [-0.15, -0.1) is 0 Å². The van der Waals surface area contributed by atoms with Gasteiger partial charge in [-0.05, 0) is 20.4 Å².